The van der Waals surface area contributed by atoms with Crippen LogP contribution in [0.4, 0.5) is 4.39 Å². The van der Waals surface area contributed by atoms with Crippen LogP contribution in [0.25, 0.3) is 0 Å². The van der Waals surface area contributed by atoms with Crippen LogP contribution in [0, 0.1) is 12.7 Å². The van der Waals surface area contributed by atoms with Gasteiger partial charge < -0.3 is 4.74 Å². The van der Waals surface area contributed by atoms with Crippen LogP contribution >= 0.6 is 0 Å². The Morgan fingerprint density at radius 3 is 2.62 bits per heavy atom. The molecule has 0 saturated heterocycles. The summed E-state index contributed by atoms with van der Waals surface area (Å²) in [5.74, 6) is 0.385. The summed E-state index contributed by atoms with van der Waals surface area (Å²) in [5, 5.41) is 0. The minimum Gasteiger partial charge on any atom is -0.494 e. The van der Waals surface area contributed by atoms with E-state index in [9.17, 15) is 12.8 Å². The normalized spacial score (nSPS) is 11.5. The highest BCUT2D eigenvalue weighted by atomic mass is 32.2. The summed E-state index contributed by atoms with van der Waals surface area (Å²) < 4.78 is 45.8. The molecule has 0 atom stereocenters. The van der Waals surface area contributed by atoms with Gasteiger partial charge in [-0.1, -0.05) is 18.2 Å². The van der Waals surface area contributed by atoms with Gasteiger partial charge in [0.25, 0.3) is 0 Å². The van der Waals surface area contributed by atoms with Crippen LogP contribution in [0.3, 0.4) is 0 Å². The molecule has 0 radical (unpaired) electrons. The van der Waals surface area contributed by atoms with E-state index in [1.54, 1.807) is 6.92 Å². The maximum absolute atomic E-state index is 13.1. The van der Waals surface area contributed by atoms with Crippen molar-refractivity contribution in [3.63, 3.8) is 0 Å². The summed E-state index contributed by atoms with van der Waals surface area (Å²) >= 11 is 0. The summed E-state index contributed by atoms with van der Waals surface area (Å²) in [7, 11) is -3.63. The van der Waals surface area contributed by atoms with Crippen LogP contribution in [0.2, 0.25) is 0 Å². The van der Waals surface area contributed by atoms with Crippen molar-refractivity contribution in [3.05, 3.63) is 59.4 Å². The van der Waals surface area contributed by atoms with Crippen LogP contribution in [0.1, 0.15) is 24.5 Å². The fourth-order valence-corrected chi connectivity index (χ4v) is 3.78. The molecule has 1 N–H and O–H groups in total. The van der Waals surface area contributed by atoms with Gasteiger partial charge in [-0.3, -0.25) is 0 Å². The molecule has 0 unspecified atom stereocenters. The van der Waals surface area contributed by atoms with Crippen LogP contribution in [0.15, 0.2) is 47.4 Å². The Morgan fingerprint density at radius 1 is 1.17 bits per heavy atom. The minimum absolute atomic E-state index is 0.110. The highest BCUT2D eigenvalue weighted by Gasteiger charge is 2.16. The summed E-state index contributed by atoms with van der Waals surface area (Å²) in [4.78, 5) is 0.110. The van der Waals surface area contributed by atoms with Gasteiger partial charge in [-0.2, -0.15) is 0 Å². The van der Waals surface area contributed by atoms with E-state index in [1.165, 1.54) is 12.1 Å². The molecular formula is C18H22FNO3S. The first-order chi connectivity index (χ1) is 11.4. The SMILES string of the molecule is CCOc1ccccc1CCCNS(=O)(=O)c1ccc(F)cc1C. The Hall–Kier alpha value is -1.92. The highest BCUT2D eigenvalue weighted by molar-refractivity contribution is 7.89. The van der Waals surface area contributed by atoms with Crippen molar-refractivity contribution >= 4 is 10.0 Å². The van der Waals surface area contributed by atoms with E-state index in [0.717, 1.165) is 17.4 Å². The van der Waals surface area contributed by atoms with Crippen molar-refractivity contribution < 1.29 is 17.5 Å². The third-order valence-corrected chi connectivity index (χ3v) is 5.24. The summed E-state index contributed by atoms with van der Waals surface area (Å²) in [6.45, 7) is 4.40. The molecule has 0 aromatic heterocycles. The Morgan fingerprint density at radius 2 is 1.92 bits per heavy atom. The number of halogens is 1. The monoisotopic (exact) mass is 351 g/mol. The molecule has 0 amide bonds. The second-order valence-electron chi connectivity index (χ2n) is 5.45. The first-order valence-corrected chi connectivity index (χ1v) is 9.39. The minimum atomic E-state index is -3.63. The van der Waals surface area contributed by atoms with Crippen LogP contribution in [0.5, 0.6) is 5.75 Å². The number of para-hydroxylation sites is 1. The lowest BCUT2D eigenvalue weighted by atomic mass is 10.1. The lowest BCUT2D eigenvalue weighted by Crippen LogP contribution is -2.25. The molecule has 0 bridgehead atoms. The van der Waals surface area contributed by atoms with Crippen molar-refractivity contribution in [3.8, 4) is 5.75 Å². The lowest BCUT2D eigenvalue weighted by Gasteiger charge is -2.11. The summed E-state index contributed by atoms with van der Waals surface area (Å²) in [6, 6.07) is 11.4. The van der Waals surface area contributed by atoms with E-state index >= 15 is 0 Å². The van der Waals surface area contributed by atoms with Gasteiger partial charge in [-0.05, 0) is 62.1 Å². The van der Waals surface area contributed by atoms with Gasteiger partial charge in [0.05, 0.1) is 11.5 Å². The molecule has 0 spiro atoms. The average molecular weight is 351 g/mol. The number of aryl methyl sites for hydroxylation is 2. The zero-order chi connectivity index (χ0) is 17.6. The molecule has 130 valence electrons. The molecule has 2 rings (SSSR count). The number of benzene rings is 2. The molecule has 0 heterocycles. The molecule has 2 aromatic carbocycles. The third kappa shape index (κ3) is 4.79. The Kier molecular flexibility index (Phi) is 6.34. The Bertz CT molecular complexity index is 791. The number of sulfonamides is 1. The van der Waals surface area contributed by atoms with E-state index in [2.05, 4.69) is 4.72 Å². The maximum Gasteiger partial charge on any atom is 0.240 e. The number of nitrogens with one attached hydrogen (secondary N) is 1. The van der Waals surface area contributed by atoms with Gasteiger partial charge in [0.1, 0.15) is 11.6 Å². The maximum atomic E-state index is 13.1. The molecule has 0 fully saturated rings. The van der Waals surface area contributed by atoms with E-state index in [1.807, 2.05) is 31.2 Å². The fourth-order valence-electron chi connectivity index (χ4n) is 2.48. The van der Waals surface area contributed by atoms with Gasteiger partial charge in [-0.15, -0.1) is 0 Å². The van der Waals surface area contributed by atoms with Crippen molar-refractivity contribution in [2.45, 2.75) is 31.6 Å². The second kappa shape index (κ2) is 8.26. The molecule has 0 saturated carbocycles. The quantitative estimate of drug-likeness (QED) is 0.741. The van der Waals surface area contributed by atoms with Crippen LogP contribution < -0.4 is 9.46 Å². The highest BCUT2D eigenvalue weighted by Crippen LogP contribution is 2.20. The number of ether oxygens (including phenoxy) is 1. The molecule has 0 aliphatic rings. The van der Waals surface area contributed by atoms with Gasteiger partial charge >= 0.3 is 0 Å². The Labute approximate surface area is 142 Å². The van der Waals surface area contributed by atoms with E-state index in [4.69, 9.17) is 4.74 Å². The van der Waals surface area contributed by atoms with Gasteiger partial charge in [0.2, 0.25) is 10.0 Å². The third-order valence-electron chi connectivity index (χ3n) is 3.61. The topological polar surface area (TPSA) is 55.4 Å². The first-order valence-electron chi connectivity index (χ1n) is 7.90. The predicted octanol–water partition coefficient (Wildman–Crippen LogP) is 3.44. The number of hydrogen-bond donors (Lipinski definition) is 1. The number of rotatable bonds is 8. The van der Waals surface area contributed by atoms with Crippen molar-refractivity contribution in [1.29, 1.82) is 0 Å². The summed E-state index contributed by atoms with van der Waals surface area (Å²) in [5.41, 5.74) is 1.45. The average Bonchev–Trinajstić information content (AvgIpc) is 2.53. The van der Waals surface area contributed by atoms with Crippen molar-refractivity contribution in [2.24, 2.45) is 0 Å². The smallest absolute Gasteiger partial charge is 0.240 e. The second-order valence-corrected chi connectivity index (χ2v) is 7.19. The first kappa shape index (κ1) is 18.4. The van der Waals surface area contributed by atoms with E-state index < -0.39 is 15.8 Å². The zero-order valence-corrected chi connectivity index (χ0v) is 14.7. The molecule has 6 heteroatoms. The van der Waals surface area contributed by atoms with Crippen molar-refractivity contribution in [2.75, 3.05) is 13.2 Å². The molecule has 0 aliphatic heterocycles. The summed E-state index contributed by atoms with van der Waals surface area (Å²) in [6.07, 6.45) is 1.35. The lowest BCUT2D eigenvalue weighted by molar-refractivity contribution is 0.336. The van der Waals surface area contributed by atoms with Gasteiger partial charge in [-0.25, -0.2) is 17.5 Å². The largest absolute Gasteiger partial charge is 0.494 e. The Balaban J connectivity index is 1.94. The van der Waals surface area contributed by atoms with E-state index in [0.29, 0.717) is 31.6 Å². The predicted molar refractivity (Wildman–Crippen MR) is 92.3 cm³/mol. The van der Waals surface area contributed by atoms with Crippen molar-refractivity contribution in [1.82, 2.24) is 4.72 Å². The fraction of sp³-hybridized carbons (Fsp3) is 0.333. The molecule has 2 aromatic rings. The van der Waals surface area contributed by atoms with Gasteiger partial charge in [0.15, 0.2) is 0 Å². The van der Waals surface area contributed by atoms with Gasteiger partial charge in [0, 0.05) is 6.54 Å². The van der Waals surface area contributed by atoms with Crippen LogP contribution in [-0.2, 0) is 16.4 Å². The standard InChI is InChI=1S/C18H22FNO3S/c1-3-23-17-9-5-4-7-15(17)8-6-12-20-24(21,22)18-11-10-16(19)13-14(18)2/h4-5,7,9-11,13,20H,3,6,8,12H2,1-2H3. The van der Waals surface area contributed by atoms with Crippen LogP contribution in [-0.4, -0.2) is 21.6 Å². The molecule has 0 aliphatic carbocycles. The zero-order valence-electron chi connectivity index (χ0n) is 13.9. The van der Waals surface area contributed by atoms with E-state index in [-0.39, 0.29) is 4.90 Å². The number of hydrogen-bond acceptors (Lipinski definition) is 3. The molecule has 4 nitrogen and oxygen atoms in total. The molecule has 24 heavy (non-hydrogen) atoms. The molecular weight excluding hydrogens is 329 g/mol.